The molecule has 1 atom stereocenters. The van der Waals surface area contributed by atoms with Crippen LogP contribution in [0.1, 0.15) is 38.1 Å². The normalized spacial score (nSPS) is 12.7. The standard InChI is InChI=1S/C21H27N3O4S/c1-15(24(29(5,27)28)16-11-7-6-8-12-16)19(25)22-18-14-10-9-13-17(18)20(26)23-21(2,3)4/h6-15H,1-5H3,(H,22,25)(H,23,26)/t15-/m1/s1. The van der Waals surface area contributed by atoms with Gasteiger partial charge >= 0.3 is 0 Å². The molecule has 2 amide bonds. The molecule has 2 aromatic rings. The monoisotopic (exact) mass is 417 g/mol. The van der Waals surface area contributed by atoms with Crippen LogP contribution in [-0.2, 0) is 14.8 Å². The first-order chi connectivity index (χ1) is 13.4. The molecule has 0 unspecified atom stereocenters. The van der Waals surface area contributed by atoms with Crippen molar-refractivity contribution >= 4 is 33.2 Å². The van der Waals surface area contributed by atoms with Gasteiger partial charge in [-0.05, 0) is 52.0 Å². The summed E-state index contributed by atoms with van der Waals surface area (Å²) in [5, 5.41) is 5.55. The highest BCUT2D eigenvalue weighted by Crippen LogP contribution is 2.22. The minimum atomic E-state index is -3.71. The van der Waals surface area contributed by atoms with Crippen LogP contribution in [0.5, 0.6) is 0 Å². The average Bonchev–Trinajstić information content (AvgIpc) is 2.60. The second-order valence-corrected chi connectivity index (χ2v) is 9.67. The van der Waals surface area contributed by atoms with Crippen molar-refractivity contribution in [2.45, 2.75) is 39.3 Å². The molecule has 29 heavy (non-hydrogen) atoms. The van der Waals surface area contributed by atoms with Gasteiger partial charge in [-0.25, -0.2) is 8.42 Å². The molecule has 8 heteroatoms. The Morgan fingerprint density at radius 1 is 0.966 bits per heavy atom. The van der Waals surface area contributed by atoms with Gasteiger partial charge in [-0.1, -0.05) is 30.3 Å². The first-order valence-electron chi connectivity index (χ1n) is 9.17. The van der Waals surface area contributed by atoms with Crippen molar-refractivity contribution in [3.05, 3.63) is 60.2 Å². The van der Waals surface area contributed by atoms with Crippen molar-refractivity contribution in [2.75, 3.05) is 15.9 Å². The molecule has 2 rings (SSSR count). The van der Waals surface area contributed by atoms with Gasteiger partial charge < -0.3 is 10.6 Å². The van der Waals surface area contributed by atoms with E-state index < -0.39 is 27.5 Å². The summed E-state index contributed by atoms with van der Waals surface area (Å²) in [7, 11) is -3.71. The Morgan fingerprint density at radius 2 is 1.52 bits per heavy atom. The molecule has 7 nitrogen and oxygen atoms in total. The Kier molecular flexibility index (Phi) is 6.69. The van der Waals surface area contributed by atoms with Gasteiger partial charge in [0.1, 0.15) is 6.04 Å². The molecule has 156 valence electrons. The lowest BCUT2D eigenvalue weighted by Crippen LogP contribution is -2.45. The number of anilines is 2. The van der Waals surface area contributed by atoms with E-state index in [1.54, 1.807) is 54.6 Å². The zero-order valence-corrected chi connectivity index (χ0v) is 18.1. The highest BCUT2D eigenvalue weighted by Gasteiger charge is 2.29. The molecule has 0 aromatic heterocycles. The Bertz CT molecular complexity index is 982. The molecule has 0 radical (unpaired) electrons. The van der Waals surface area contributed by atoms with Gasteiger partial charge in [0.2, 0.25) is 15.9 Å². The Labute approximate surface area is 172 Å². The van der Waals surface area contributed by atoms with Gasteiger partial charge in [0.25, 0.3) is 5.91 Å². The minimum absolute atomic E-state index is 0.300. The van der Waals surface area contributed by atoms with E-state index >= 15 is 0 Å². The van der Waals surface area contributed by atoms with Crippen molar-refractivity contribution in [2.24, 2.45) is 0 Å². The second-order valence-electron chi connectivity index (χ2n) is 7.81. The van der Waals surface area contributed by atoms with Crippen molar-refractivity contribution < 1.29 is 18.0 Å². The van der Waals surface area contributed by atoms with Crippen molar-refractivity contribution in [1.82, 2.24) is 5.32 Å². The lowest BCUT2D eigenvalue weighted by atomic mass is 10.1. The molecule has 2 aromatic carbocycles. The summed E-state index contributed by atoms with van der Waals surface area (Å²) in [4.78, 5) is 25.5. The molecule has 2 N–H and O–H groups in total. The third-order valence-corrected chi connectivity index (χ3v) is 5.26. The van der Waals surface area contributed by atoms with Crippen LogP contribution in [0.15, 0.2) is 54.6 Å². The summed E-state index contributed by atoms with van der Waals surface area (Å²) < 4.78 is 25.7. The van der Waals surface area contributed by atoms with Crippen LogP contribution in [0, 0.1) is 0 Å². The molecular formula is C21H27N3O4S. The summed E-state index contributed by atoms with van der Waals surface area (Å²) in [6, 6.07) is 14.0. The fourth-order valence-corrected chi connectivity index (χ4v) is 3.99. The fraction of sp³-hybridized carbons (Fsp3) is 0.333. The van der Waals surface area contributed by atoms with Crippen LogP contribution in [0.25, 0.3) is 0 Å². The number of hydrogen-bond acceptors (Lipinski definition) is 4. The Hall–Kier alpha value is -2.87. The summed E-state index contributed by atoms with van der Waals surface area (Å²) in [6.45, 7) is 7.08. The number of hydrogen-bond donors (Lipinski definition) is 2. The van der Waals surface area contributed by atoms with Crippen LogP contribution in [0.3, 0.4) is 0 Å². The van der Waals surface area contributed by atoms with E-state index in [1.165, 1.54) is 6.92 Å². The molecule has 0 aliphatic rings. The van der Waals surface area contributed by atoms with E-state index in [4.69, 9.17) is 0 Å². The van der Waals surface area contributed by atoms with E-state index in [2.05, 4.69) is 10.6 Å². The van der Waals surface area contributed by atoms with Gasteiger partial charge in [0.05, 0.1) is 23.2 Å². The van der Waals surface area contributed by atoms with E-state index in [1.807, 2.05) is 20.8 Å². The number of rotatable bonds is 6. The number of nitrogens with zero attached hydrogens (tertiary/aromatic N) is 1. The fourth-order valence-electron chi connectivity index (χ4n) is 2.82. The lowest BCUT2D eigenvalue weighted by molar-refractivity contribution is -0.116. The van der Waals surface area contributed by atoms with Crippen LogP contribution >= 0.6 is 0 Å². The SMILES string of the molecule is C[C@H](C(=O)Nc1ccccc1C(=O)NC(C)(C)C)N(c1ccccc1)S(C)(=O)=O. The molecule has 0 aliphatic heterocycles. The van der Waals surface area contributed by atoms with Crippen molar-refractivity contribution in [1.29, 1.82) is 0 Å². The third-order valence-electron chi connectivity index (χ3n) is 4.02. The minimum Gasteiger partial charge on any atom is -0.347 e. The molecule has 0 saturated carbocycles. The first-order valence-corrected chi connectivity index (χ1v) is 11.0. The van der Waals surface area contributed by atoms with E-state index in [-0.39, 0.29) is 5.91 Å². The highest BCUT2D eigenvalue weighted by atomic mass is 32.2. The quantitative estimate of drug-likeness (QED) is 0.755. The third kappa shape index (κ3) is 6.05. The molecule has 0 bridgehead atoms. The largest absolute Gasteiger partial charge is 0.347 e. The number of amides is 2. The molecule has 0 aliphatic carbocycles. The van der Waals surface area contributed by atoms with Gasteiger partial charge in [0, 0.05) is 5.54 Å². The smallest absolute Gasteiger partial charge is 0.253 e. The second kappa shape index (κ2) is 8.65. The molecule has 0 spiro atoms. The predicted molar refractivity (Wildman–Crippen MR) is 116 cm³/mol. The van der Waals surface area contributed by atoms with Crippen LogP contribution in [0.2, 0.25) is 0 Å². The zero-order valence-electron chi connectivity index (χ0n) is 17.3. The number of para-hydroxylation sites is 2. The molecular weight excluding hydrogens is 390 g/mol. The van der Waals surface area contributed by atoms with Crippen LogP contribution in [-0.4, -0.2) is 38.1 Å². The number of benzene rings is 2. The first kappa shape index (κ1) is 22.4. The van der Waals surface area contributed by atoms with Gasteiger partial charge in [-0.3, -0.25) is 13.9 Å². The Morgan fingerprint density at radius 3 is 2.07 bits per heavy atom. The number of carbonyl (C=O) groups excluding carboxylic acids is 2. The van der Waals surface area contributed by atoms with E-state index in [0.29, 0.717) is 16.9 Å². The Balaban J connectivity index is 2.31. The van der Waals surface area contributed by atoms with E-state index in [0.717, 1.165) is 10.6 Å². The predicted octanol–water partition coefficient (Wildman–Crippen LogP) is 3.01. The van der Waals surface area contributed by atoms with Gasteiger partial charge in [-0.2, -0.15) is 0 Å². The lowest BCUT2D eigenvalue weighted by Gasteiger charge is -2.28. The van der Waals surface area contributed by atoms with Crippen molar-refractivity contribution in [3.8, 4) is 0 Å². The summed E-state index contributed by atoms with van der Waals surface area (Å²) in [5.74, 6) is -0.876. The summed E-state index contributed by atoms with van der Waals surface area (Å²) in [5.41, 5.74) is 0.555. The molecule has 0 saturated heterocycles. The van der Waals surface area contributed by atoms with Crippen LogP contribution in [0.4, 0.5) is 11.4 Å². The van der Waals surface area contributed by atoms with Gasteiger partial charge in [0.15, 0.2) is 0 Å². The summed E-state index contributed by atoms with van der Waals surface area (Å²) >= 11 is 0. The van der Waals surface area contributed by atoms with E-state index in [9.17, 15) is 18.0 Å². The zero-order chi connectivity index (χ0) is 21.8. The highest BCUT2D eigenvalue weighted by molar-refractivity contribution is 7.92. The maximum absolute atomic E-state index is 12.9. The maximum atomic E-state index is 12.9. The average molecular weight is 418 g/mol. The molecule has 0 heterocycles. The van der Waals surface area contributed by atoms with Crippen LogP contribution < -0.4 is 14.9 Å². The number of carbonyl (C=O) groups is 2. The van der Waals surface area contributed by atoms with Gasteiger partial charge in [-0.15, -0.1) is 0 Å². The number of nitrogens with one attached hydrogen (secondary N) is 2. The summed E-state index contributed by atoms with van der Waals surface area (Å²) in [6.07, 6.45) is 1.05. The van der Waals surface area contributed by atoms with Crippen molar-refractivity contribution in [3.63, 3.8) is 0 Å². The number of sulfonamides is 1. The topological polar surface area (TPSA) is 95.6 Å². The molecule has 0 fully saturated rings. The maximum Gasteiger partial charge on any atom is 0.253 e.